The van der Waals surface area contributed by atoms with Gasteiger partial charge in [-0.3, -0.25) is 4.79 Å². The molecule has 3 unspecified atom stereocenters. The second-order valence-corrected chi connectivity index (χ2v) is 11.0. The van der Waals surface area contributed by atoms with Crippen molar-refractivity contribution in [2.45, 2.75) is 48.8 Å². The Kier molecular flexibility index (Phi) is 5.50. The molecular weight excluding hydrogens is 487 g/mol. The molecule has 4 rings (SSSR count). The lowest BCUT2D eigenvalue weighted by molar-refractivity contribution is -0.138. The summed E-state index contributed by atoms with van der Waals surface area (Å²) in [6, 6.07) is 3.29. The Morgan fingerprint density at radius 1 is 1.29 bits per heavy atom. The summed E-state index contributed by atoms with van der Waals surface area (Å²) in [7, 11) is -3.75. The van der Waals surface area contributed by atoms with Crippen molar-refractivity contribution in [3.05, 3.63) is 41.3 Å². The molecule has 0 bridgehead atoms. The molecule has 2 aliphatic rings. The van der Waals surface area contributed by atoms with Crippen LogP contribution in [0.4, 0.5) is 22.0 Å². The number of halogens is 5. The van der Waals surface area contributed by atoms with Crippen LogP contribution in [-0.4, -0.2) is 55.8 Å². The molecule has 186 valence electrons. The minimum absolute atomic E-state index is 0.0883. The van der Waals surface area contributed by atoms with Crippen LogP contribution in [0.25, 0.3) is 0 Å². The van der Waals surface area contributed by atoms with Gasteiger partial charge in [-0.15, -0.1) is 0 Å². The van der Waals surface area contributed by atoms with Crippen molar-refractivity contribution >= 4 is 15.7 Å². The first kappa shape index (κ1) is 24.4. The smallest absolute Gasteiger partial charge is 0.421 e. The van der Waals surface area contributed by atoms with Gasteiger partial charge in [0.15, 0.2) is 15.9 Å². The largest absolute Gasteiger partial charge is 0.484 e. The third-order valence-corrected chi connectivity index (χ3v) is 7.52. The highest BCUT2D eigenvalue weighted by molar-refractivity contribution is 7.90. The fraction of sp³-hybridized carbons (Fsp3) is 0.524. The van der Waals surface area contributed by atoms with E-state index in [1.807, 2.05) is 0 Å². The van der Waals surface area contributed by atoms with Gasteiger partial charge >= 0.3 is 6.18 Å². The number of hydrogen-bond acceptors (Lipinski definition) is 6. The zero-order valence-electron chi connectivity index (χ0n) is 18.3. The standard InChI is InChI=1S/C21H21F5N2O5S/c1-11(19(2,22)23)33-16-5-4-13(34(3,30)31)6-14(16)18(29)28-8-12-7-20(12,10-28)17-15(9-32-27-17)21(24,25)26/h4-6,9,11-12H,7-8,10H2,1-3H3. The molecule has 1 saturated carbocycles. The van der Waals surface area contributed by atoms with Crippen molar-refractivity contribution in [2.24, 2.45) is 5.92 Å². The first-order chi connectivity index (χ1) is 15.5. The number of aromatic nitrogens is 1. The second kappa shape index (κ2) is 7.65. The van der Waals surface area contributed by atoms with E-state index < -0.39 is 44.9 Å². The average Bonchev–Trinajstić information content (AvgIpc) is 3.07. The number of nitrogens with zero attached hydrogens (tertiary/aromatic N) is 2. The number of amides is 1. The topological polar surface area (TPSA) is 89.7 Å². The zero-order valence-corrected chi connectivity index (χ0v) is 19.1. The number of carbonyl (C=O) groups is 1. The summed E-state index contributed by atoms with van der Waals surface area (Å²) < 4.78 is 101. The molecule has 7 nitrogen and oxygen atoms in total. The normalized spacial score (nSPS) is 23.5. The number of ether oxygens (including phenoxy) is 1. The van der Waals surface area contributed by atoms with E-state index in [1.54, 1.807) is 0 Å². The Balaban J connectivity index is 1.66. The van der Waals surface area contributed by atoms with Gasteiger partial charge in [-0.25, -0.2) is 17.2 Å². The molecule has 1 aromatic carbocycles. The third kappa shape index (κ3) is 4.25. The Labute approximate surface area is 191 Å². The van der Waals surface area contributed by atoms with Gasteiger partial charge in [-0.2, -0.15) is 13.2 Å². The van der Waals surface area contributed by atoms with E-state index >= 15 is 0 Å². The van der Waals surface area contributed by atoms with Crippen LogP contribution in [0.3, 0.4) is 0 Å². The maximum Gasteiger partial charge on any atom is 0.421 e. The van der Waals surface area contributed by atoms with E-state index in [9.17, 15) is 35.2 Å². The van der Waals surface area contributed by atoms with Gasteiger partial charge in [0.05, 0.1) is 10.5 Å². The number of piperidine rings is 1. The summed E-state index contributed by atoms with van der Waals surface area (Å²) in [5.74, 6) is -4.55. The fourth-order valence-corrected chi connectivity index (χ4v) is 4.92. The van der Waals surface area contributed by atoms with Crippen LogP contribution in [0.5, 0.6) is 5.75 Å². The SMILES string of the molecule is CC(Oc1ccc(S(C)(=O)=O)cc1C(=O)N1CC2CC2(c2nocc2C(F)(F)F)C1)C(C)(F)F. The number of benzene rings is 1. The van der Waals surface area contributed by atoms with Gasteiger partial charge in [0.1, 0.15) is 23.3 Å². The maximum absolute atomic E-state index is 13.7. The molecule has 1 aliphatic carbocycles. The molecular formula is C21H21F5N2O5S. The summed E-state index contributed by atoms with van der Waals surface area (Å²) in [5, 5.41) is 3.55. The third-order valence-electron chi connectivity index (χ3n) is 6.41. The molecule has 2 aromatic rings. The second-order valence-electron chi connectivity index (χ2n) is 8.96. The van der Waals surface area contributed by atoms with Gasteiger partial charge in [0.25, 0.3) is 11.8 Å². The highest BCUT2D eigenvalue weighted by Gasteiger charge is 2.65. The molecule has 1 saturated heterocycles. The van der Waals surface area contributed by atoms with Crippen LogP contribution < -0.4 is 4.74 Å². The Morgan fingerprint density at radius 3 is 2.56 bits per heavy atom. The molecule has 2 fully saturated rings. The minimum atomic E-state index is -4.68. The van der Waals surface area contributed by atoms with E-state index in [0.29, 0.717) is 19.6 Å². The highest BCUT2D eigenvalue weighted by Crippen LogP contribution is 2.60. The number of carbonyl (C=O) groups excluding carboxylic acids is 1. The average molecular weight is 508 g/mol. The molecule has 0 spiro atoms. The fourth-order valence-electron chi connectivity index (χ4n) is 4.28. The monoisotopic (exact) mass is 508 g/mol. The minimum Gasteiger partial charge on any atom is -0.484 e. The van der Waals surface area contributed by atoms with Crippen LogP contribution in [0.15, 0.2) is 33.9 Å². The van der Waals surface area contributed by atoms with Crippen LogP contribution >= 0.6 is 0 Å². The Bertz CT molecular complexity index is 1240. The van der Waals surface area contributed by atoms with Crippen molar-refractivity contribution in [1.29, 1.82) is 0 Å². The number of fused-ring (bicyclic) bond motifs is 1. The first-order valence-electron chi connectivity index (χ1n) is 10.2. The van der Waals surface area contributed by atoms with Crippen molar-refractivity contribution < 1.29 is 44.4 Å². The van der Waals surface area contributed by atoms with E-state index in [0.717, 1.165) is 31.4 Å². The summed E-state index contributed by atoms with van der Waals surface area (Å²) >= 11 is 0. The van der Waals surface area contributed by atoms with Crippen LogP contribution in [-0.2, 0) is 21.4 Å². The number of sulfone groups is 1. The molecule has 0 radical (unpaired) electrons. The molecule has 0 N–H and O–H groups in total. The van der Waals surface area contributed by atoms with Gasteiger partial charge in [0, 0.05) is 31.7 Å². The van der Waals surface area contributed by atoms with Gasteiger partial charge < -0.3 is 14.2 Å². The lowest BCUT2D eigenvalue weighted by atomic mass is 9.97. The van der Waals surface area contributed by atoms with E-state index in [2.05, 4.69) is 9.68 Å². The first-order valence-corrected chi connectivity index (χ1v) is 12.1. The predicted octanol–water partition coefficient (Wildman–Crippen LogP) is 3.93. The molecule has 3 atom stereocenters. The number of rotatable bonds is 6. The van der Waals surface area contributed by atoms with Crippen molar-refractivity contribution in [2.75, 3.05) is 19.3 Å². The van der Waals surface area contributed by atoms with Crippen molar-refractivity contribution in [3.8, 4) is 5.75 Å². The zero-order chi connectivity index (χ0) is 25.3. The molecule has 2 heterocycles. The van der Waals surface area contributed by atoms with E-state index in [-0.39, 0.29) is 40.9 Å². The van der Waals surface area contributed by atoms with Gasteiger partial charge in [-0.1, -0.05) is 5.16 Å². The lowest BCUT2D eigenvalue weighted by Gasteiger charge is -2.25. The molecule has 13 heteroatoms. The number of likely N-dealkylation sites (tertiary alicyclic amines) is 1. The Morgan fingerprint density at radius 2 is 1.97 bits per heavy atom. The molecule has 34 heavy (non-hydrogen) atoms. The maximum atomic E-state index is 13.7. The van der Waals surface area contributed by atoms with Crippen LogP contribution in [0.2, 0.25) is 0 Å². The van der Waals surface area contributed by atoms with Gasteiger partial charge in [-0.05, 0) is 37.5 Å². The van der Waals surface area contributed by atoms with Crippen molar-refractivity contribution in [3.63, 3.8) is 0 Å². The lowest BCUT2D eigenvalue weighted by Crippen LogP contribution is -2.35. The van der Waals surface area contributed by atoms with Gasteiger partial charge in [0.2, 0.25) is 0 Å². The summed E-state index contributed by atoms with van der Waals surface area (Å²) in [5.41, 5.74) is -2.59. The number of alkyl halides is 5. The summed E-state index contributed by atoms with van der Waals surface area (Å²) in [6.45, 7) is 1.71. The Hall–Kier alpha value is -2.70. The van der Waals surface area contributed by atoms with Crippen molar-refractivity contribution in [1.82, 2.24) is 10.1 Å². The predicted molar refractivity (Wildman–Crippen MR) is 107 cm³/mol. The van der Waals surface area contributed by atoms with Crippen LogP contribution in [0.1, 0.15) is 41.9 Å². The summed E-state index contributed by atoms with van der Waals surface area (Å²) in [6.07, 6.45) is -4.49. The quantitative estimate of drug-likeness (QED) is 0.550. The number of hydrogen-bond donors (Lipinski definition) is 0. The molecule has 1 aromatic heterocycles. The highest BCUT2D eigenvalue weighted by atomic mass is 32.2. The molecule has 1 aliphatic heterocycles. The molecule has 1 amide bonds. The van der Waals surface area contributed by atoms with E-state index in [4.69, 9.17) is 4.74 Å². The van der Waals surface area contributed by atoms with E-state index in [1.165, 1.54) is 4.90 Å². The summed E-state index contributed by atoms with van der Waals surface area (Å²) in [4.78, 5) is 14.4. The van der Waals surface area contributed by atoms with Crippen LogP contribution in [0, 0.1) is 5.92 Å².